The predicted molar refractivity (Wildman–Crippen MR) is 128 cm³/mol. The van der Waals surface area contributed by atoms with Crippen molar-refractivity contribution in [2.75, 3.05) is 17.6 Å². The molecule has 0 atom stereocenters. The Balaban J connectivity index is 2.00. The predicted octanol–water partition coefficient (Wildman–Crippen LogP) is 3.77. The van der Waals surface area contributed by atoms with Gasteiger partial charge >= 0.3 is 10.1 Å². The maximum atomic E-state index is 12.1. The molecule has 0 saturated heterocycles. The molecule has 3 rings (SSSR count). The molecular weight excluding hydrogens is 464 g/mol. The van der Waals surface area contributed by atoms with Crippen molar-refractivity contribution in [2.24, 2.45) is 0 Å². The SMILES string of the molecule is CC1(C)C(C=CC=CNc2ccccc2)=[N+](CCCS(=O)(=O)O)c2c1cccc2S(=O)(=O)O. The number of hydrogen-bond acceptors (Lipinski definition) is 5. The third kappa shape index (κ3) is 5.97. The minimum Gasteiger partial charge on any atom is -0.362 e. The van der Waals surface area contributed by atoms with E-state index in [4.69, 9.17) is 4.55 Å². The zero-order valence-electron chi connectivity index (χ0n) is 18.3. The number of hydrogen-bond donors (Lipinski definition) is 3. The fourth-order valence-corrected chi connectivity index (χ4v) is 5.13. The van der Waals surface area contributed by atoms with E-state index in [1.54, 1.807) is 35.1 Å². The number of benzene rings is 2. The molecule has 1 heterocycles. The van der Waals surface area contributed by atoms with Crippen LogP contribution in [0.2, 0.25) is 0 Å². The van der Waals surface area contributed by atoms with E-state index in [1.807, 2.05) is 50.3 Å². The summed E-state index contributed by atoms with van der Waals surface area (Å²) in [6.45, 7) is 3.98. The van der Waals surface area contributed by atoms with Crippen LogP contribution in [0.15, 0.2) is 77.9 Å². The summed E-state index contributed by atoms with van der Waals surface area (Å²) in [6.07, 6.45) is 7.23. The maximum absolute atomic E-state index is 12.1. The molecule has 1 aliphatic heterocycles. The van der Waals surface area contributed by atoms with Gasteiger partial charge in [0.25, 0.3) is 10.1 Å². The molecule has 3 N–H and O–H groups in total. The molecule has 2 aromatic carbocycles. The van der Waals surface area contributed by atoms with Crippen molar-refractivity contribution in [3.63, 3.8) is 0 Å². The van der Waals surface area contributed by atoms with E-state index in [9.17, 15) is 21.4 Å². The van der Waals surface area contributed by atoms with Crippen LogP contribution in [-0.2, 0) is 25.7 Å². The molecule has 1 aliphatic rings. The number of rotatable bonds is 9. The number of nitrogens with one attached hydrogen (secondary N) is 1. The molecule has 0 aliphatic carbocycles. The third-order valence-electron chi connectivity index (χ3n) is 5.42. The second-order valence-electron chi connectivity index (χ2n) is 8.16. The maximum Gasteiger partial charge on any atom is 0.301 e. The first kappa shape index (κ1) is 24.8. The van der Waals surface area contributed by atoms with Crippen molar-refractivity contribution in [2.45, 2.75) is 30.6 Å². The van der Waals surface area contributed by atoms with Gasteiger partial charge in [-0.3, -0.25) is 9.11 Å². The van der Waals surface area contributed by atoms with Crippen LogP contribution in [0.5, 0.6) is 0 Å². The molecule has 0 unspecified atom stereocenters. The lowest BCUT2D eigenvalue weighted by Crippen LogP contribution is -2.28. The van der Waals surface area contributed by atoms with Gasteiger partial charge in [0.1, 0.15) is 6.54 Å². The van der Waals surface area contributed by atoms with Gasteiger partial charge in [-0.2, -0.15) is 21.4 Å². The fourth-order valence-electron chi connectivity index (χ4n) is 3.93. The quantitative estimate of drug-likeness (QED) is 0.277. The number of anilines is 1. The smallest absolute Gasteiger partial charge is 0.301 e. The number of para-hydroxylation sites is 2. The molecule has 0 amide bonds. The standard InChI is InChI=1S/C23H26N2O6S2/c1-23(2)19-12-8-13-20(33(29,30)31)22(19)25(16-9-17-32(26,27)28)21(23)14-6-7-15-24-18-10-4-3-5-11-18/h3-8,10-15H,9,16-17H2,1-2H3,(H2,26,27,28,29,30,31)/p+1. The van der Waals surface area contributed by atoms with E-state index in [-0.39, 0.29) is 17.9 Å². The summed E-state index contributed by atoms with van der Waals surface area (Å²) in [6, 6.07) is 14.3. The minimum atomic E-state index is -4.52. The van der Waals surface area contributed by atoms with Crippen LogP contribution in [0, 0.1) is 0 Å². The van der Waals surface area contributed by atoms with Gasteiger partial charge in [-0.1, -0.05) is 36.4 Å². The summed E-state index contributed by atoms with van der Waals surface area (Å²) in [5.74, 6) is -0.467. The fraction of sp³-hybridized carbons (Fsp3) is 0.261. The lowest BCUT2D eigenvalue weighted by atomic mass is 9.81. The van der Waals surface area contributed by atoms with Gasteiger partial charge in [0.2, 0.25) is 5.69 Å². The normalized spacial score (nSPS) is 16.0. The number of allylic oxidation sites excluding steroid dienone is 3. The average molecular weight is 492 g/mol. The van der Waals surface area contributed by atoms with Gasteiger partial charge in [-0.15, -0.1) is 0 Å². The van der Waals surface area contributed by atoms with Crippen molar-refractivity contribution in [3.8, 4) is 0 Å². The second kappa shape index (κ2) is 9.60. The lowest BCUT2D eigenvalue weighted by Gasteiger charge is -2.15. The number of fused-ring (bicyclic) bond motifs is 1. The molecule has 33 heavy (non-hydrogen) atoms. The molecule has 0 saturated carbocycles. The highest BCUT2D eigenvalue weighted by molar-refractivity contribution is 7.86. The van der Waals surface area contributed by atoms with Gasteiger partial charge < -0.3 is 5.32 Å². The molecule has 0 spiro atoms. The largest absolute Gasteiger partial charge is 0.362 e. The van der Waals surface area contributed by atoms with Gasteiger partial charge in [0.15, 0.2) is 10.6 Å². The molecule has 0 aromatic heterocycles. The van der Waals surface area contributed by atoms with Crippen molar-refractivity contribution in [1.29, 1.82) is 0 Å². The van der Waals surface area contributed by atoms with Gasteiger partial charge in [0.05, 0.1) is 11.2 Å². The first-order chi connectivity index (χ1) is 15.4. The first-order valence-electron chi connectivity index (χ1n) is 10.3. The van der Waals surface area contributed by atoms with Gasteiger partial charge in [-0.25, -0.2) is 0 Å². The van der Waals surface area contributed by atoms with E-state index in [0.29, 0.717) is 11.3 Å². The Hall–Kier alpha value is -2.79. The summed E-state index contributed by atoms with van der Waals surface area (Å²) >= 11 is 0. The Bertz CT molecular complexity index is 1330. The monoisotopic (exact) mass is 491 g/mol. The zero-order chi connectivity index (χ0) is 24.3. The van der Waals surface area contributed by atoms with Crippen LogP contribution >= 0.6 is 0 Å². The van der Waals surface area contributed by atoms with Crippen molar-refractivity contribution in [1.82, 2.24) is 0 Å². The van der Waals surface area contributed by atoms with E-state index < -0.39 is 31.4 Å². The summed E-state index contributed by atoms with van der Waals surface area (Å²) in [5.41, 5.74) is 2.04. The van der Waals surface area contributed by atoms with Crippen molar-refractivity contribution in [3.05, 3.63) is 78.5 Å². The van der Waals surface area contributed by atoms with Crippen molar-refractivity contribution >= 4 is 37.3 Å². The highest BCUT2D eigenvalue weighted by Crippen LogP contribution is 2.43. The van der Waals surface area contributed by atoms with Gasteiger partial charge in [-0.05, 0) is 38.1 Å². The second-order valence-corrected chi connectivity index (χ2v) is 11.1. The van der Waals surface area contributed by atoms with Gasteiger partial charge in [0, 0.05) is 29.9 Å². The van der Waals surface area contributed by atoms with E-state index in [1.165, 1.54) is 6.07 Å². The highest BCUT2D eigenvalue weighted by Gasteiger charge is 2.47. The molecule has 0 bridgehead atoms. The Morgan fingerprint density at radius 1 is 0.970 bits per heavy atom. The molecule has 176 valence electrons. The molecule has 0 fully saturated rings. The van der Waals surface area contributed by atoms with E-state index >= 15 is 0 Å². The van der Waals surface area contributed by atoms with Crippen molar-refractivity contribution < 1.29 is 30.5 Å². The van der Waals surface area contributed by atoms with Crippen LogP contribution in [0.4, 0.5) is 11.4 Å². The van der Waals surface area contributed by atoms with Crippen LogP contribution in [-0.4, -0.2) is 48.5 Å². The molecule has 0 radical (unpaired) electrons. The Labute approximate surface area is 194 Å². The Kier molecular flexibility index (Phi) is 7.23. The molecule has 2 aromatic rings. The molecule has 10 heteroatoms. The highest BCUT2D eigenvalue weighted by atomic mass is 32.2. The lowest BCUT2D eigenvalue weighted by molar-refractivity contribution is -0.440. The van der Waals surface area contributed by atoms with Crippen LogP contribution in [0.3, 0.4) is 0 Å². The summed E-state index contributed by atoms with van der Waals surface area (Å²) < 4.78 is 67.2. The zero-order valence-corrected chi connectivity index (χ0v) is 20.0. The van der Waals surface area contributed by atoms with E-state index in [2.05, 4.69) is 5.32 Å². The average Bonchev–Trinajstić information content (AvgIpc) is 2.94. The Morgan fingerprint density at radius 2 is 1.67 bits per heavy atom. The number of nitrogens with zero attached hydrogens (tertiary/aromatic N) is 1. The minimum absolute atomic E-state index is 0.0664. The first-order valence-corrected chi connectivity index (χ1v) is 13.3. The third-order valence-corrected chi connectivity index (χ3v) is 7.11. The van der Waals surface area contributed by atoms with Crippen LogP contribution < -0.4 is 5.32 Å². The Morgan fingerprint density at radius 3 is 2.30 bits per heavy atom. The summed E-state index contributed by atoms with van der Waals surface area (Å²) in [4.78, 5) is -0.246. The summed E-state index contributed by atoms with van der Waals surface area (Å²) in [7, 11) is -8.69. The molecular formula is C23H27N2O6S2+. The van der Waals surface area contributed by atoms with Crippen LogP contribution in [0.25, 0.3) is 0 Å². The topological polar surface area (TPSA) is 124 Å². The van der Waals surface area contributed by atoms with Crippen LogP contribution in [0.1, 0.15) is 25.8 Å². The summed E-state index contributed by atoms with van der Waals surface area (Å²) in [5, 5.41) is 3.14. The van der Waals surface area contributed by atoms with E-state index in [0.717, 1.165) is 11.4 Å². The molecule has 8 nitrogen and oxygen atoms in total.